The third-order valence-corrected chi connectivity index (χ3v) is 8.53. The van der Waals surface area contributed by atoms with Gasteiger partial charge in [0.15, 0.2) is 6.10 Å². The van der Waals surface area contributed by atoms with E-state index in [1.807, 2.05) is 0 Å². The van der Waals surface area contributed by atoms with Crippen molar-refractivity contribution in [2.45, 2.75) is 187 Å². The first-order valence-corrected chi connectivity index (χ1v) is 19.9. The average molecular weight is 722 g/mol. The van der Waals surface area contributed by atoms with Gasteiger partial charge in [0.2, 0.25) is 5.91 Å². The van der Waals surface area contributed by atoms with Crippen molar-refractivity contribution in [1.29, 1.82) is 0 Å². The van der Waals surface area contributed by atoms with Crippen LogP contribution in [0, 0.1) is 0 Å². The standard InChI is InChI=1S/C35H68NO9P.2Na/c1-3-4-5-6-7-8-9-12-16-19-22-25-28-35(39)45-33(31-44-46(40,41)42)30-43-34(38)27-24-21-18-15-13-10-11-14-17-20-23-26-29-36-32(2)37;;/h33H,3-31H2,1-2H3,(H,36,37)(H2,40,41,42);;/q;2*+1/p-2/t33-;;/m0../s1. The molecule has 0 aliphatic rings. The minimum Gasteiger partial charge on any atom is -0.790 e. The fourth-order valence-corrected chi connectivity index (χ4v) is 5.68. The molecule has 0 bridgehead atoms. The van der Waals surface area contributed by atoms with Crippen molar-refractivity contribution in [1.82, 2.24) is 5.32 Å². The number of esters is 2. The molecule has 0 aromatic rings. The molecule has 0 fully saturated rings. The predicted octanol–water partition coefficient (Wildman–Crippen LogP) is 1.59. The molecule has 0 spiro atoms. The number of unbranched alkanes of at least 4 members (excludes halogenated alkanes) is 22. The summed E-state index contributed by atoms with van der Waals surface area (Å²) in [5, 5.41) is 2.82. The number of ether oxygens (including phenoxy) is 2. The van der Waals surface area contributed by atoms with Crippen molar-refractivity contribution in [3.8, 4) is 0 Å². The number of hydrogen-bond acceptors (Lipinski definition) is 9. The van der Waals surface area contributed by atoms with Crippen LogP contribution in [0.5, 0.6) is 0 Å². The van der Waals surface area contributed by atoms with Gasteiger partial charge in [-0.15, -0.1) is 0 Å². The molecule has 13 heteroatoms. The largest absolute Gasteiger partial charge is 1.00 e. The van der Waals surface area contributed by atoms with Crippen molar-refractivity contribution in [3.63, 3.8) is 0 Å². The van der Waals surface area contributed by atoms with Crippen molar-refractivity contribution in [2.24, 2.45) is 0 Å². The van der Waals surface area contributed by atoms with Crippen LogP contribution in [-0.2, 0) is 32.9 Å². The monoisotopic (exact) mass is 721 g/mol. The zero-order valence-electron chi connectivity index (χ0n) is 31.2. The molecular formula is C35H66NNa2O9P. The zero-order valence-corrected chi connectivity index (χ0v) is 36.1. The van der Waals surface area contributed by atoms with Gasteiger partial charge >= 0.3 is 71.1 Å². The van der Waals surface area contributed by atoms with E-state index in [2.05, 4.69) is 16.8 Å². The second kappa shape index (κ2) is 38.7. The number of phosphoric ester groups is 1. The summed E-state index contributed by atoms with van der Waals surface area (Å²) in [6.45, 7) is 3.53. The van der Waals surface area contributed by atoms with Crippen LogP contribution in [0.25, 0.3) is 0 Å². The van der Waals surface area contributed by atoms with E-state index < -0.39 is 32.5 Å². The molecule has 0 radical (unpaired) electrons. The van der Waals surface area contributed by atoms with Crippen molar-refractivity contribution in [2.75, 3.05) is 19.8 Å². The zero-order chi connectivity index (χ0) is 34.1. The van der Waals surface area contributed by atoms with Crippen molar-refractivity contribution < 1.29 is 102 Å². The number of phosphoric acid groups is 1. The molecule has 1 amide bonds. The Morgan fingerprint density at radius 3 is 1.35 bits per heavy atom. The van der Waals surface area contributed by atoms with Crippen LogP contribution in [0.15, 0.2) is 0 Å². The summed E-state index contributed by atoms with van der Waals surface area (Å²) in [7, 11) is -5.25. The first-order valence-electron chi connectivity index (χ1n) is 18.4. The van der Waals surface area contributed by atoms with Crippen LogP contribution in [-0.4, -0.2) is 43.7 Å². The van der Waals surface area contributed by atoms with Gasteiger partial charge in [-0.05, 0) is 19.3 Å². The third-order valence-electron chi connectivity index (χ3n) is 8.06. The van der Waals surface area contributed by atoms with Gasteiger partial charge in [-0.2, -0.15) is 0 Å². The Labute approximate surface area is 336 Å². The summed E-state index contributed by atoms with van der Waals surface area (Å²) in [6, 6.07) is 0. The molecule has 0 heterocycles. The summed E-state index contributed by atoms with van der Waals surface area (Å²) >= 11 is 0. The molecule has 0 saturated heterocycles. The first-order chi connectivity index (χ1) is 22.1. The minimum atomic E-state index is -5.25. The Hall–Kier alpha value is 0.520. The van der Waals surface area contributed by atoms with Gasteiger partial charge in [0.05, 0.1) is 14.4 Å². The Balaban J connectivity index is -0.0000101. The van der Waals surface area contributed by atoms with Gasteiger partial charge in [0.1, 0.15) is 6.61 Å². The minimum absolute atomic E-state index is 0. The van der Waals surface area contributed by atoms with Crippen LogP contribution in [0.1, 0.15) is 181 Å². The average Bonchev–Trinajstić information content (AvgIpc) is 3.00. The maximum Gasteiger partial charge on any atom is 1.00 e. The Kier molecular flexibility index (Phi) is 42.7. The van der Waals surface area contributed by atoms with E-state index in [-0.39, 0.29) is 84.5 Å². The van der Waals surface area contributed by atoms with Gasteiger partial charge in [0, 0.05) is 26.3 Å². The molecule has 1 atom stereocenters. The summed E-state index contributed by atoms with van der Waals surface area (Å²) < 4.78 is 25.7. The molecule has 1 N–H and O–H groups in total. The fourth-order valence-electron chi connectivity index (χ4n) is 5.33. The number of carbonyl (C=O) groups excluding carboxylic acids is 3. The molecule has 0 aromatic carbocycles. The fraction of sp³-hybridized carbons (Fsp3) is 0.914. The van der Waals surface area contributed by atoms with Crippen LogP contribution < -0.4 is 74.2 Å². The number of amides is 1. The number of nitrogens with one attached hydrogen (secondary N) is 1. The smallest absolute Gasteiger partial charge is 0.790 e. The normalized spacial score (nSPS) is 11.7. The first kappa shape index (κ1) is 52.9. The van der Waals surface area contributed by atoms with E-state index in [1.165, 1.54) is 89.9 Å². The quantitative estimate of drug-likeness (QED) is 0.0452. The van der Waals surface area contributed by atoms with Crippen LogP contribution in [0.3, 0.4) is 0 Å². The summed E-state index contributed by atoms with van der Waals surface area (Å²) in [5.74, 6) is -0.943. The molecule has 0 rings (SSSR count). The summed E-state index contributed by atoms with van der Waals surface area (Å²) in [4.78, 5) is 57.1. The predicted molar refractivity (Wildman–Crippen MR) is 179 cm³/mol. The molecule has 0 aromatic heterocycles. The maximum absolute atomic E-state index is 12.3. The second-order valence-corrected chi connectivity index (χ2v) is 13.8. The molecule has 0 saturated carbocycles. The Morgan fingerprint density at radius 1 is 0.583 bits per heavy atom. The van der Waals surface area contributed by atoms with Crippen molar-refractivity contribution >= 4 is 25.7 Å². The maximum atomic E-state index is 12.3. The summed E-state index contributed by atoms with van der Waals surface area (Å²) in [6.07, 6.45) is 26.6. The SMILES string of the molecule is CCCCCCCCCCCCCCC(=O)O[C@@H](COC(=O)CCCCCCCCCCCCCCNC(C)=O)COP(=O)([O-])[O-].[Na+].[Na+]. The second-order valence-electron chi connectivity index (χ2n) is 12.7. The van der Waals surface area contributed by atoms with E-state index in [0.29, 0.717) is 12.8 Å². The van der Waals surface area contributed by atoms with Crippen molar-refractivity contribution in [3.05, 3.63) is 0 Å². The molecule has 0 aliphatic carbocycles. The van der Waals surface area contributed by atoms with Gasteiger partial charge in [0.25, 0.3) is 0 Å². The number of hydrogen-bond donors (Lipinski definition) is 1. The summed E-state index contributed by atoms with van der Waals surface area (Å²) in [5.41, 5.74) is 0. The van der Waals surface area contributed by atoms with Gasteiger partial charge < -0.3 is 33.7 Å². The van der Waals surface area contributed by atoms with E-state index in [4.69, 9.17) is 9.47 Å². The number of rotatable bonds is 34. The molecule has 48 heavy (non-hydrogen) atoms. The van der Waals surface area contributed by atoms with Crippen LogP contribution in [0.4, 0.5) is 0 Å². The molecular weight excluding hydrogens is 655 g/mol. The van der Waals surface area contributed by atoms with Crippen LogP contribution >= 0.6 is 7.82 Å². The van der Waals surface area contributed by atoms with Gasteiger partial charge in [-0.3, -0.25) is 14.4 Å². The molecule has 10 nitrogen and oxygen atoms in total. The Bertz CT molecular complexity index is 802. The molecule has 272 valence electrons. The van der Waals surface area contributed by atoms with Gasteiger partial charge in [-0.1, -0.05) is 142 Å². The van der Waals surface area contributed by atoms with E-state index in [1.54, 1.807) is 6.92 Å². The van der Waals surface area contributed by atoms with Gasteiger partial charge in [-0.25, -0.2) is 0 Å². The molecule has 0 aliphatic heterocycles. The van der Waals surface area contributed by atoms with E-state index in [0.717, 1.165) is 57.9 Å². The van der Waals surface area contributed by atoms with E-state index >= 15 is 0 Å². The number of carbonyl (C=O) groups is 3. The van der Waals surface area contributed by atoms with E-state index in [9.17, 15) is 28.7 Å². The topological polar surface area (TPSA) is 154 Å². The Morgan fingerprint density at radius 2 is 0.958 bits per heavy atom. The van der Waals surface area contributed by atoms with Crippen LogP contribution in [0.2, 0.25) is 0 Å². The molecule has 0 unspecified atom stereocenters. The third kappa shape index (κ3) is 42.7.